The van der Waals surface area contributed by atoms with Crippen LogP contribution < -0.4 is 5.73 Å². The Morgan fingerprint density at radius 2 is 2.00 bits per heavy atom. The molecule has 0 bridgehead atoms. The normalized spacial score (nSPS) is 12.0. The molecule has 0 fully saturated rings. The first-order valence-corrected chi connectivity index (χ1v) is 9.36. The summed E-state index contributed by atoms with van der Waals surface area (Å²) in [5, 5.41) is 0. The van der Waals surface area contributed by atoms with Crippen LogP contribution >= 0.6 is 11.8 Å². The molecular formula is C14H23NO2S2. The highest BCUT2D eigenvalue weighted by Crippen LogP contribution is 2.16. The van der Waals surface area contributed by atoms with Crippen molar-refractivity contribution in [2.45, 2.75) is 31.7 Å². The van der Waals surface area contributed by atoms with Crippen molar-refractivity contribution in [3.05, 3.63) is 29.8 Å². The van der Waals surface area contributed by atoms with Crippen molar-refractivity contribution < 1.29 is 8.42 Å². The topological polar surface area (TPSA) is 60.2 Å². The molecule has 19 heavy (non-hydrogen) atoms. The Morgan fingerprint density at radius 3 is 2.63 bits per heavy atom. The third kappa shape index (κ3) is 5.97. The third-order valence-corrected chi connectivity index (χ3v) is 5.82. The molecule has 0 heterocycles. The molecule has 0 aliphatic carbocycles. The molecule has 1 aromatic carbocycles. The van der Waals surface area contributed by atoms with Crippen LogP contribution in [0.4, 0.5) is 0 Å². The second-order valence-electron chi connectivity index (χ2n) is 4.97. The van der Waals surface area contributed by atoms with Crippen molar-refractivity contribution >= 4 is 21.6 Å². The molecule has 2 N–H and O–H groups in total. The van der Waals surface area contributed by atoms with Gasteiger partial charge in [0, 0.05) is 12.3 Å². The molecule has 0 aliphatic heterocycles. The van der Waals surface area contributed by atoms with E-state index >= 15 is 0 Å². The van der Waals surface area contributed by atoms with Gasteiger partial charge in [-0.05, 0) is 35.8 Å². The number of benzene rings is 1. The van der Waals surface area contributed by atoms with Gasteiger partial charge in [0.1, 0.15) is 0 Å². The van der Waals surface area contributed by atoms with Crippen LogP contribution in [-0.2, 0) is 16.4 Å². The zero-order valence-corrected chi connectivity index (χ0v) is 13.3. The number of sulfone groups is 1. The minimum Gasteiger partial charge on any atom is -0.326 e. The minimum atomic E-state index is -3.17. The molecule has 5 heteroatoms. The second-order valence-corrected chi connectivity index (χ2v) is 8.30. The summed E-state index contributed by atoms with van der Waals surface area (Å²) in [7, 11) is -3.17. The molecule has 0 aromatic heterocycles. The molecule has 0 radical (unpaired) electrons. The SMILES string of the molecule is CC(C)CCSCCS(=O)(=O)c1cccc(CN)c1. The van der Waals surface area contributed by atoms with Crippen LogP contribution in [-0.4, -0.2) is 25.7 Å². The van der Waals surface area contributed by atoms with Crippen molar-refractivity contribution in [1.29, 1.82) is 0 Å². The maximum atomic E-state index is 12.1. The Labute approximate surface area is 120 Å². The van der Waals surface area contributed by atoms with Crippen LogP contribution in [0, 0.1) is 5.92 Å². The van der Waals surface area contributed by atoms with Crippen LogP contribution in [0.2, 0.25) is 0 Å². The van der Waals surface area contributed by atoms with E-state index in [9.17, 15) is 8.42 Å². The number of thioether (sulfide) groups is 1. The molecule has 0 unspecified atom stereocenters. The van der Waals surface area contributed by atoms with E-state index in [1.54, 1.807) is 30.0 Å². The van der Waals surface area contributed by atoms with Gasteiger partial charge in [-0.3, -0.25) is 0 Å². The van der Waals surface area contributed by atoms with Gasteiger partial charge in [-0.2, -0.15) is 11.8 Å². The van der Waals surface area contributed by atoms with Crippen molar-refractivity contribution in [3.8, 4) is 0 Å². The van der Waals surface area contributed by atoms with E-state index < -0.39 is 9.84 Å². The first-order valence-electron chi connectivity index (χ1n) is 6.55. The Bertz CT molecular complexity index is 484. The highest BCUT2D eigenvalue weighted by molar-refractivity contribution is 8.00. The van der Waals surface area contributed by atoms with Crippen LogP contribution in [0.5, 0.6) is 0 Å². The van der Waals surface area contributed by atoms with Crippen molar-refractivity contribution in [3.63, 3.8) is 0 Å². The molecule has 0 saturated carbocycles. The van der Waals surface area contributed by atoms with Gasteiger partial charge in [0.2, 0.25) is 0 Å². The first kappa shape index (κ1) is 16.5. The summed E-state index contributed by atoms with van der Waals surface area (Å²) in [5.74, 6) is 2.55. The lowest BCUT2D eigenvalue weighted by atomic mass is 10.2. The molecule has 0 saturated heterocycles. The van der Waals surface area contributed by atoms with Gasteiger partial charge in [-0.25, -0.2) is 8.42 Å². The molecule has 0 aliphatic rings. The zero-order valence-electron chi connectivity index (χ0n) is 11.6. The fraction of sp³-hybridized carbons (Fsp3) is 0.571. The van der Waals surface area contributed by atoms with Crippen LogP contribution in [0.25, 0.3) is 0 Å². The largest absolute Gasteiger partial charge is 0.326 e. The minimum absolute atomic E-state index is 0.198. The van der Waals surface area contributed by atoms with E-state index in [1.807, 2.05) is 6.07 Å². The Morgan fingerprint density at radius 1 is 1.26 bits per heavy atom. The fourth-order valence-corrected chi connectivity index (χ4v) is 4.62. The Balaban J connectivity index is 2.51. The summed E-state index contributed by atoms with van der Waals surface area (Å²) in [6.07, 6.45) is 1.13. The number of rotatable bonds is 8. The van der Waals surface area contributed by atoms with Gasteiger partial charge in [-0.15, -0.1) is 0 Å². The van der Waals surface area contributed by atoms with Crippen LogP contribution in [0.15, 0.2) is 29.2 Å². The van der Waals surface area contributed by atoms with Gasteiger partial charge in [0.25, 0.3) is 0 Å². The maximum absolute atomic E-state index is 12.1. The predicted octanol–water partition coefficient (Wildman–Crippen LogP) is 2.70. The van der Waals surface area contributed by atoms with Gasteiger partial charge >= 0.3 is 0 Å². The lowest BCUT2D eigenvalue weighted by Crippen LogP contribution is -2.10. The maximum Gasteiger partial charge on any atom is 0.179 e. The zero-order chi connectivity index (χ0) is 14.3. The monoisotopic (exact) mass is 301 g/mol. The van der Waals surface area contributed by atoms with Gasteiger partial charge in [0.15, 0.2) is 9.84 Å². The van der Waals surface area contributed by atoms with E-state index in [4.69, 9.17) is 5.73 Å². The van der Waals surface area contributed by atoms with Gasteiger partial charge in [0.05, 0.1) is 10.6 Å². The summed E-state index contributed by atoms with van der Waals surface area (Å²) < 4.78 is 24.3. The number of nitrogens with two attached hydrogens (primary N) is 1. The summed E-state index contributed by atoms with van der Waals surface area (Å²) in [4.78, 5) is 0.389. The molecule has 108 valence electrons. The average molecular weight is 301 g/mol. The molecule has 3 nitrogen and oxygen atoms in total. The quantitative estimate of drug-likeness (QED) is 0.750. The van der Waals surface area contributed by atoms with Crippen LogP contribution in [0.3, 0.4) is 0 Å². The van der Waals surface area contributed by atoms with Crippen LogP contribution in [0.1, 0.15) is 25.8 Å². The van der Waals surface area contributed by atoms with Crippen molar-refractivity contribution in [2.75, 3.05) is 17.3 Å². The number of hydrogen-bond acceptors (Lipinski definition) is 4. The summed E-state index contributed by atoms with van der Waals surface area (Å²) in [6.45, 7) is 4.72. The smallest absolute Gasteiger partial charge is 0.179 e. The molecule has 0 spiro atoms. The van der Waals surface area contributed by atoms with Gasteiger partial charge < -0.3 is 5.73 Å². The predicted molar refractivity (Wildman–Crippen MR) is 83.2 cm³/mol. The molecule has 1 aromatic rings. The fourth-order valence-electron chi connectivity index (χ4n) is 1.57. The van der Waals surface area contributed by atoms with E-state index in [-0.39, 0.29) is 5.75 Å². The highest BCUT2D eigenvalue weighted by Gasteiger charge is 2.14. The second kappa shape index (κ2) is 7.92. The standard InChI is InChI=1S/C14H23NO2S2/c1-12(2)6-7-18-8-9-19(16,17)14-5-3-4-13(10-14)11-15/h3-5,10,12H,6-9,11,15H2,1-2H3. The molecular weight excluding hydrogens is 278 g/mol. The third-order valence-electron chi connectivity index (χ3n) is 2.83. The van der Waals surface area contributed by atoms with Gasteiger partial charge in [-0.1, -0.05) is 26.0 Å². The molecule has 0 atom stereocenters. The summed E-state index contributed by atoms with van der Waals surface area (Å²) in [6, 6.07) is 6.92. The molecule has 0 amide bonds. The lowest BCUT2D eigenvalue weighted by molar-refractivity contribution is 0.597. The summed E-state index contributed by atoms with van der Waals surface area (Å²) >= 11 is 1.71. The summed E-state index contributed by atoms with van der Waals surface area (Å²) in [5.41, 5.74) is 6.39. The highest BCUT2D eigenvalue weighted by atomic mass is 32.2. The molecule has 1 rings (SSSR count). The van der Waals surface area contributed by atoms with E-state index in [2.05, 4.69) is 13.8 Å². The first-order chi connectivity index (χ1) is 8.95. The lowest BCUT2D eigenvalue weighted by Gasteiger charge is -2.07. The van der Waals surface area contributed by atoms with Crippen molar-refractivity contribution in [1.82, 2.24) is 0 Å². The Kier molecular flexibility index (Phi) is 6.89. The van der Waals surface area contributed by atoms with Crippen molar-refractivity contribution in [2.24, 2.45) is 11.7 Å². The van der Waals surface area contributed by atoms with E-state index in [0.29, 0.717) is 23.1 Å². The average Bonchev–Trinajstić information content (AvgIpc) is 2.38. The van der Waals surface area contributed by atoms with E-state index in [0.717, 1.165) is 17.7 Å². The van der Waals surface area contributed by atoms with E-state index in [1.165, 1.54) is 0 Å². The number of hydrogen-bond donors (Lipinski definition) is 1. The Hall–Kier alpha value is -0.520.